The first kappa shape index (κ1) is 13.5. The Hall–Kier alpha value is -0.940. The molecule has 18 heavy (non-hydrogen) atoms. The minimum atomic E-state index is -0.430. The lowest BCUT2D eigenvalue weighted by Crippen LogP contribution is -2.26. The highest BCUT2D eigenvalue weighted by atomic mass is 16.5. The number of nitrogens with one attached hydrogen (secondary N) is 1. The van der Waals surface area contributed by atoms with Crippen molar-refractivity contribution in [1.29, 1.82) is 0 Å². The van der Waals surface area contributed by atoms with E-state index in [-0.39, 0.29) is 0 Å². The van der Waals surface area contributed by atoms with Crippen molar-refractivity contribution in [2.24, 2.45) is 0 Å². The Morgan fingerprint density at radius 3 is 2.83 bits per heavy atom. The summed E-state index contributed by atoms with van der Waals surface area (Å²) in [5.74, 6) is 1.35. The molecule has 0 aliphatic heterocycles. The minimum absolute atomic E-state index is 0.430. The maximum Gasteiger partial charge on any atom is 0.228 e. The second-order valence-electron chi connectivity index (χ2n) is 5.01. The molecule has 1 atom stereocenters. The van der Waals surface area contributed by atoms with Gasteiger partial charge in [-0.3, -0.25) is 0 Å². The van der Waals surface area contributed by atoms with Gasteiger partial charge >= 0.3 is 0 Å². The summed E-state index contributed by atoms with van der Waals surface area (Å²) in [6, 6.07) is 0.719. The largest absolute Gasteiger partial charge is 0.367 e. The van der Waals surface area contributed by atoms with Crippen molar-refractivity contribution in [3.63, 3.8) is 0 Å². The standard InChI is InChI=1S/C13H23N3O2/c1-4-13(3,17-5-2)12-15-11(18-16-12)8-9-14-10-6-7-10/h10,14H,4-9H2,1-3H3. The summed E-state index contributed by atoms with van der Waals surface area (Å²) in [6.45, 7) is 7.61. The maximum absolute atomic E-state index is 5.73. The van der Waals surface area contributed by atoms with Crippen molar-refractivity contribution < 1.29 is 9.26 Å². The zero-order valence-corrected chi connectivity index (χ0v) is 11.5. The number of hydrogen-bond donors (Lipinski definition) is 1. The molecule has 1 heterocycles. The molecule has 0 amide bonds. The van der Waals surface area contributed by atoms with Crippen LogP contribution in [-0.4, -0.2) is 29.3 Å². The molecule has 0 saturated heterocycles. The molecule has 1 aliphatic rings. The van der Waals surface area contributed by atoms with Crippen LogP contribution in [0.2, 0.25) is 0 Å². The van der Waals surface area contributed by atoms with Crippen molar-refractivity contribution in [2.75, 3.05) is 13.2 Å². The Morgan fingerprint density at radius 2 is 2.22 bits per heavy atom. The van der Waals surface area contributed by atoms with Crippen LogP contribution in [0.3, 0.4) is 0 Å². The Kier molecular flexibility index (Phi) is 4.35. The molecule has 1 unspecified atom stereocenters. The van der Waals surface area contributed by atoms with Crippen LogP contribution in [0.5, 0.6) is 0 Å². The van der Waals surface area contributed by atoms with Crippen LogP contribution in [0.25, 0.3) is 0 Å². The summed E-state index contributed by atoms with van der Waals surface area (Å²) >= 11 is 0. The predicted molar refractivity (Wildman–Crippen MR) is 68.3 cm³/mol. The third-order valence-electron chi connectivity index (χ3n) is 3.43. The van der Waals surface area contributed by atoms with Crippen molar-refractivity contribution in [2.45, 2.75) is 58.1 Å². The summed E-state index contributed by atoms with van der Waals surface area (Å²) < 4.78 is 11.0. The van der Waals surface area contributed by atoms with E-state index in [0.29, 0.717) is 18.3 Å². The number of nitrogens with zero attached hydrogens (tertiary/aromatic N) is 2. The molecule has 2 rings (SSSR count). The van der Waals surface area contributed by atoms with E-state index in [4.69, 9.17) is 9.26 Å². The predicted octanol–water partition coefficient (Wildman–Crippen LogP) is 2.03. The highest BCUT2D eigenvalue weighted by Gasteiger charge is 2.30. The lowest BCUT2D eigenvalue weighted by Gasteiger charge is -2.23. The number of hydrogen-bond acceptors (Lipinski definition) is 5. The van der Waals surface area contributed by atoms with E-state index in [2.05, 4.69) is 22.4 Å². The monoisotopic (exact) mass is 253 g/mol. The zero-order valence-electron chi connectivity index (χ0n) is 11.5. The van der Waals surface area contributed by atoms with E-state index in [1.165, 1.54) is 12.8 Å². The van der Waals surface area contributed by atoms with Crippen molar-refractivity contribution in [3.05, 3.63) is 11.7 Å². The maximum atomic E-state index is 5.73. The van der Waals surface area contributed by atoms with E-state index in [1.807, 2.05) is 13.8 Å². The molecule has 1 aliphatic carbocycles. The van der Waals surface area contributed by atoms with Crippen molar-refractivity contribution in [3.8, 4) is 0 Å². The second-order valence-corrected chi connectivity index (χ2v) is 5.01. The molecular weight excluding hydrogens is 230 g/mol. The first-order chi connectivity index (χ1) is 8.68. The van der Waals surface area contributed by atoms with Crippen LogP contribution in [0.1, 0.15) is 51.7 Å². The number of ether oxygens (including phenoxy) is 1. The van der Waals surface area contributed by atoms with E-state index in [0.717, 1.165) is 25.4 Å². The Bertz CT molecular complexity index is 376. The highest BCUT2D eigenvalue weighted by molar-refractivity contribution is 4.99. The van der Waals surface area contributed by atoms with E-state index in [9.17, 15) is 0 Å². The molecular formula is C13H23N3O2. The number of rotatable bonds is 8. The Morgan fingerprint density at radius 1 is 1.44 bits per heavy atom. The smallest absolute Gasteiger partial charge is 0.228 e. The quantitative estimate of drug-likeness (QED) is 0.768. The zero-order chi connectivity index (χ0) is 13.0. The van der Waals surface area contributed by atoms with Gasteiger partial charge in [0.1, 0.15) is 5.60 Å². The molecule has 1 aromatic rings. The average molecular weight is 253 g/mol. The minimum Gasteiger partial charge on any atom is -0.367 e. The van der Waals surface area contributed by atoms with Crippen LogP contribution in [-0.2, 0) is 16.8 Å². The lowest BCUT2D eigenvalue weighted by molar-refractivity contribution is -0.0403. The van der Waals surface area contributed by atoms with Gasteiger partial charge in [0.15, 0.2) is 0 Å². The summed E-state index contributed by atoms with van der Waals surface area (Å²) in [4.78, 5) is 4.45. The SMILES string of the molecule is CCOC(C)(CC)c1noc(CCNC2CC2)n1. The fourth-order valence-electron chi connectivity index (χ4n) is 1.89. The van der Waals surface area contributed by atoms with Gasteiger partial charge in [0.2, 0.25) is 11.7 Å². The van der Waals surface area contributed by atoms with E-state index in [1.54, 1.807) is 0 Å². The average Bonchev–Trinajstić information content (AvgIpc) is 3.05. The molecule has 102 valence electrons. The van der Waals surface area contributed by atoms with Gasteiger partial charge in [0.05, 0.1) is 0 Å². The first-order valence-corrected chi connectivity index (χ1v) is 6.88. The molecule has 1 aromatic heterocycles. The van der Waals surface area contributed by atoms with Crippen LogP contribution in [0.4, 0.5) is 0 Å². The van der Waals surface area contributed by atoms with Gasteiger partial charge in [-0.05, 0) is 33.1 Å². The summed E-state index contributed by atoms with van der Waals surface area (Å²) in [6.07, 6.45) is 4.22. The second kappa shape index (κ2) is 5.80. The van der Waals surface area contributed by atoms with Gasteiger partial charge < -0.3 is 14.6 Å². The summed E-state index contributed by atoms with van der Waals surface area (Å²) in [5, 5.41) is 7.49. The van der Waals surface area contributed by atoms with Gasteiger partial charge in [-0.25, -0.2) is 0 Å². The van der Waals surface area contributed by atoms with Crippen LogP contribution in [0.15, 0.2) is 4.52 Å². The third kappa shape index (κ3) is 3.29. The van der Waals surface area contributed by atoms with Crippen LogP contribution < -0.4 is 5.32 Å². The van der Waals surface area contributed by atoms with Gasteiger partial charge in [-0.2, -0.15) is 4.98 Å². The molecule has 1 fully saturated rings. The van der Waals surface area contributed by atoms with E-state index < -0.39 is 5.60 Å². The van der Waals surface area contributed by atoms with Crippen molar-refractivity contribution >= 4 is 0 Å². The third-order valence-corrected chi connectivity index (χ3v) is 3.43. The Labute approximate surface area is 108 Å². The fourth-order valence-corrected chi connectivity index (χ4v) is 1.89. The van der Waals surface area contributed by atoms with E-state index >= 15 is 0 Å². The fraction of sp³-hybridized carbons (Fsp3) is 0.846. The van der Waals surface area contributed by atoms with Crippen molar-refractivity contribution in [1.82, 2.24) is 15.5 Å². The molecule has 0 aromatic carbocycles. The molecule has 0 spiro atoms. The summed E-state index contributed by atoms with van der Waals surface area (Å²) in [7, 11) is 0. The molecule has 0 bridgehead atoms. The van der Waals surface area contributed by atoms with Gasteiger partial charge in [-0.15, -0.1) is 0 Å². The van der Waals surface area contributed by atoms with Crippen LogP contribution in [0, 0.1) is 0 Å². The van der Waals surface area contributed by atoms with Gasteiger partial charge in [0.25, 0.3) is 0 Å². The first-order valence-electron chi connectivity index (χ1n) is 6.88. The van der Waals surface area contributed by atoms with Gasteiger partial charge in [-0.1, -0.05) is 12.1 Å². The lowest BCUT2D eigenvalue weighted by atomic mass is 10.0. The molecule has 0 radical (unpaired) electrons. The molecule has 1 N–H and O–H groups in total. The Balaban J connectivity index is 1.90. The number of aromatic nitrogens is 2. The molecule has 1 saturated carbocycles. The molecule has 5 nitrogen and oxygen atoms in total. The normalized spacial score (nSPS) is 18.8. The van der Waals surface area contributed by atoms with Gasteiger partial charge in [0, 0.05) is 25.6 Å². The topological polar surface area (TPSA) is 60.2 Å². The molecule has 5 heteroatoms. The van der Waals surface area contributed by atoms with Crippen LogP contribution >= 0.6 is 0 Å². The summed E-state index contributed by atoms with van der Waals surface area (Å²) in [5.41, 5.74) is -0.430. The highest BCUT2D eigenvalue weighted by Crippen LogP contribution is 2.26.